The number of ether oxygens (including phenoxy) is 1. The van der Waals surface area contributed by atoms with Gasteiger partial charge in [0.2, 0.25) is 0 Å². The van der Waals surface area contributed by atoms with E-state index in [2.05, 4.69) is 20.8 Å². The van der Waals surface area contributed by atoms with E-state index in [0.717, 1.165) is 19.3 Å². The van der Waals surface area contributed by atoms with Crippen molar-refractivity contribution in [3.8, 4) is 0 Å². The molecule has 0 N–H and O–H groups in total. The van der Waals surface area contributed by atoms with E-state index in [1.807, 2.05) is 25.7 Å². The Morgan fingerprint density at radius 1 is 1.47 bits per heavy atom. The Kier molecular flexibility index (Phi) is 4.11. The largest absolute Gasteiger partial charge is 0.444 e. The molecule has 0 radical (unpaired) electrons. The predicted octanol–water partition coefficient (Wildman–Crippen LogP) is 3.96. The first kappa shape index (κ1) is 14.3. The van der Waals surface area contributed by atoms with Crippen LogP contribution in [-0.2, 0) is 4.74 Å². The van der Waals surface area contributed by atoms with Crippen LogP contribution < -0.4 is 0 Å². The zero-order chi connectivity index (χ0) is 13.3. The van der Waals surface area contributed by atoms with Crippen LogP contribution in [0.2, 0.25) is 0 Å². The van der Waals surface area contributed by atoms with Crippen molar-refractivity contribution in [2.75, 3.05) is 0 Å². The molecular weight excluding hydrogens is 214 g/mol. The zero-order valence-electron chi connectivity index (χ0n) is 12.2. The van der Waals surface area contributed by atoms with Gasteiger partial charge in [0.05, 0.1) is 0 Å². The molecule has 3 nitrogen and oxygen atoms in total. The fourth-order valence-corrected chi connectivity index (χ4v) is 2.62. The molecule has 1 aliphatic rings. The second-order valence-corrected chi connectivity index (χ2v) is 6.44. The maximum Gasteiger partial charge on any atom is 0.410 e. The molecule has 1 aliphatic heterocycles. The molecule has 1 amide bonds. The van der Waals surface area contributed by atoms with Crippen LogP contribution in [0.25, 0.3) is 0 Å². The monoisotopic (exact) mass is 241 g/mol. The van der Waals surface area contributed by atoms with Crippen LogP contribution in [0.3, 0.4) is 0 Å². The van der Waals surface area contributed by atoms with Crippen molar-refractivity contribution in [1.29, 1.82) is 0 Å². The summed E-state index contributed by atoms with van der Waals surface area (Å²) < 4.78 is 5.53. The van der Waals surface area contributed by atoms with Crippen LogP contribution in [0.5, 0.6) is 0 Å². The van der Waals surface area contributed by atoms with Gasteiger partial charge in [-0.1, -0.05) is 6.92 Å². The Balaban J connectivity index is 2.86. The molecular formula is C14H27NO2. The highest BCUT2D eigenvalue weighted by molar-refractivity contribution is 5.69. The predicted molar refractivity (Wildman–Crippen MR) is 70.1 cm³/mol. The third-order valence-electron chi connectivity index (χ3n) is 3.71. The molecule has 1 heterocycles. The fourth-order valence-electron chi connectivity index (χ4n) is 2.62. The highest BCUT2D eigenvalue weighted by atomic mass is 16.6. The molecule has 1 saturated heterocycles. The van der Waals surface area contributed by atoms with Crippen molar-refractivity contribution >= 4 is 6.09 Å². The van der Waals surface area contributed by atoms with E-state index < -0.39 is 5.60 Å². The number of hydrogen-bond donors (Lipinski definition) is 0. The molecule has 0 saturated carbocycles. The third kappa shape index (κ3) is 3.36. The minimum Gasteiger partial charge on any atom is -0.444 e. The molecule has 0 aliphatic carbocycles. The van der Waals surface area contributed by atoms with Crippen molar-refractivity contribution in [2.45, 2.75) is 84.4 Å². The summed E-state index contributed by atoms with van der Waals surface area (Å²) in [5.74, 6) is 0. The molecule has 0 aromatic rings. The number of amides is 1. The summed E-state index contributed by atoms with van der Waals surface area (Å²) in [5, 5.41) is 0. The lowest BCUT2D eigenvalue weighted by Crippen LogP contribution is -2.57. The molecule has 1 rings (SSSR count). The van der Waals surface area contributed by atoms with Crippen molar-refractivity contribution in [1.82, 2.24) is 4.90 Å². The van der Waals surface area contributed by atoms with E-state index in [1.165, 1.54) is 6.42 Å². The van der Waals surface area contributed by atoms with Gasteiger partial charge in [-0.25, -0.2) is 4.79 Å². The summed E-state index contributed by atoms with van der Waals surface area (Å²) in [6, 6.07) is 0.281. The summed E-state index contributed by atoms with van der Waals surface area (Å²) in [6.07, 6.45) is 4.18. The van der Waals surface area contributed by atoms with Crippen LogP contribution in [0.4, 0.5) is 4.79 Å². The highest BCUT2D eigenvalue weighted by Gasteiger charge is 2.41. The summed E-state index contributed by atoms with van der Waals surface area (Å²) >= 11 is 0. The fraction of sp³-hybridized carbons (Fsp3) is 0.929. The van der Waals surface area contributed by atoms with E-state index in [-0.39, 0.29) is 17.7 Å². The van der Waals surface area contributed by atoms with Gasteiger partial charge < -0.3 is 9.64 Å². The van der Waals surface area contributed by atoms with Gasteiger partial charge in [-0.05, 0) is 60.3 Å². The van der Waals surface area contributed by atoms with Gasteiger partial charge >= 0.3 is 6.09 Å². The normalized spacial score (nSPS) is 30.2. The topological polar surface area (TPSA) is 29.5 Å². The molecule has 0 bridgehead atoms. The Hall–Kier alpha value is -0.730. The molecule has 2 atom stereocenters. The summed E-state index contributed by atoms with van der Waals surface area (Å²) in [6.45, 7) is 12.2. The van der Waals surface area contributed by atoms with E-state index in [4.69, 9.17) is 4.74 Å². The summed E-state index contributed by atoms with van der Waals surface area (Å²) in [5.41, 5.74) is -0.455. The number of nitrogens with zero attached hydrogens (tertiary/aromatic N) is 1. The highest BCUT2D eigenvalue weighted by Crippen LogP contribution is 2.35. The number of rotatable bonds is 1. The van der Waals surface area contributed by atoms with E-state index >= 15 is 0 Å². The van der Waals surface area contributed by atoms with Gasteiger partial charge in [-0.3, -0.25) is 0 Å². The van der Waals surface area contributed by atoms with Crippen molar-refractivity contribution in [3.63, 3.8) is 0 Å². The van der Waals surface area contributed by atoms with E-state index in [1.54, 1.807) is 0 Å². The Morgan fingerprint density at radius 2 is 2.06 bits per heavy atom. The molecule has 17 heavy (non-hydrogen) atoms. The van der Waals surface area contributed by atoms with Gasteiger partial charge in [0, 0.05) is 11.6 Å². The average Bonchev–Trinajstić information content (AvgIpc) is 2.14. The average molecular weight is 241 g/mol. The first-order valence-electron chi connectivity index (χ1n) is 6.72. The number of carbonyl (C=O) groups excluding carboxylic acids is 1. The van der Waals surface area contributed by atoms with Crippen LogP contribution in [0.15, 0.2) is 0 Å². The van der Waals surface area contributed by atoms with Crippen molar-refractivity contribution < 1.29 is 9.53 Å². The van der Waals surface area contributed by atoms with Gasteiger partial charge in [0.25, 0.3) is 0 Å². The molecule has 0 aromatic heterocycles. The summed E-state index contributed by atoms with van der Waals surface area (Å²) in [7, 11) is 0. The Labute approximate surface area is 106 Å². The molecule has 0 aromatic carbocycles. The Morgan fingerprint density at radius 3 is 2.53 bits per heavy atom. The Bertz CT molecular complexity index is 282. The van der Waals surface area contributed by atoms with E-state index in [0.29, 0.717) is 0 Å². The minimum atomic E-state index is -0.414. The third-order valence-corrected chi connectivity index (χ3v) is 3.71. The second kappa shape index (κ2) is 4.87. The maximum absolute atomic E-state index is 12.3. The first-order valence-corrected chi connectivity index (χ1v) is 6.72. The van der Waals surface area contributed by atoms with Gasteiger partial charge in [0.15, 0.2) is 0 Å². The number of hydrogen-bond acceptors (Lipinski definition) is 2. The van der Waals surface area contributed by atoms with E-state index in [9.17, 15) is 4.79 Å². The van der Waals surface area contributed by atoms with Crippen LogP contribution in [0, 0.1) is 0 Å². The maximum atomic E-state index is 12.3. The molecule has 1 fully saturated rings. The molecule has 0 spiro atoms. The van der Waals surface area contributed by atoms with Crippen LogP contribution >= 0.6 is 0 Å². The minimum absolute atomic E-state index is 0.0417. The number of likely N-dealkylation sites (tertiary alicyclic amines) is 1. The van der Waals surface area contributed by atoms with Gasteiger partial charge in [-0.15, -0.1) is 0 Å². The number of piperidine rings is 1. The molecule has 0 unspecified atom stereocenters. The zero-order valence-corrected chi connectivity index (χ0v) is 12.2. The lowest BCUT2D eigenvalue weighted by Gasteiger charge is -2.48. The van der Waals surface area contributed by atoms with Gasteiger partial charge in [-0.2, -0.15) is 0 Å². The van der Waals surface area contributed by atoms with Crippen molar-refractivity contribution in [2.24, 2.45) is 0 Å². The lowest BCUT2D eigenvalue weighted by molar-refractivity contribution is -0.0291. The summed E-state index contributed by atoms with van der Waals surface area (Å²) in [4.78, 5) is 14.3. The second-order valence-electron chi connectivity index (χ2n) is 6.44. The van der Waals surface area contributed by atoms with Crippen LogP contribution in [0.1, 0.15) is 67.2 Å². The SMILES string of the molecule is CC[C@@]1(C)CCC[C@@H](C)N1C(=O)OC(C)(C)C. The van der Waals surface area contributed by atoms with Crippen LogP contribution in [-0.4, -0.2) is 28.2 Å². The standard InChI is InChI=1S/C14H27NO2/c1-7-14(6)10-8-9-11(2)15(14)12(16)17-13(3,4)5/h11H,7-10H2,1-6H3/t11-,14+/m1/s1. The van der Waals surface area contributed by atoms with Crippen molar-refractivity contribution in [3.05, 3.63) is 0 Å². The van der Waals surface area contributed by atoms with Gasteiger partial charge in [0.1, 0.15) is 5.60 Å². The lowest BCUT2D eigenvalue weighted by atomic mass is 9.83. The first-order chi connectivity index (χ1) is 7.69. The quantitative estimate of drug-likeness (QED) is 0.695. The molecule has 3 heteroatoms. The molecule has 100 valence electrons. The smallest absolute Gasteiger partial charge is 0.410 e. The number of carbonyl (C=O) groups is 1.